The molecule has 2 nitrogen and oxygen atoms in total. The van der Waals surface area contributed by atoms with E-state index in [1.54, 1.807) is 0 Å². The normalized spacial score (nSPS) is 23.4. The molecule has 1 N–H and O–H groups in total. The van der Waals surface area contributed by atoms with Crippen molar-refractivity contribution in [2.45, 2.75) is 25.7 Å². The lowest BCUT2D eigenvalue weighted by atomic mass is 9.73. The van der Waals surface area contributed by atoms with E-state index in [9.17, 15) is 4.79 Å². The molecule has 0 aliphatic heterocycles. The van der Waals surface area contributed by atoms with Crippen molar-refractivity contribution < 1.29 is 4.79 Å². The van der Waals surface area contributed by atoms with Crippen LogP contribution in [0, 0.1) is 5.92 Å². The van der Waals surface area contributed by atoms with Crippen LogP contribution in [-0.2, 0) is 4.79 Å². The first-order valence-electron chi connectivity index (χ1n) is 7.37. The summed E-state index contributed by atoms with van der Waals surface area (Å²) in [4.78, 5) is 11.4. The van der Waals surface area contributed by atoms with Crippen molar-refractivity contribution in [1.29, 1.82) is 0 Å². The van der Waals surface area contributed by atoms with Gasteiger partial charge in [-0.2, -0.15) is 0 Å². The van der Waals surface area contributed by atoms with Crippen LogP contribution >= 0.6 is 23.2 Å². The van der Waals surface area contributed by atoms with Gasteiger partial charge in [-0.25, -0.2) is 0 Å². The quantitative estimate of drug-likeness (QED) is 0.810. The van der Waals surface area contributed by atoms with Crippen LogP contribution in [0.2, 0.25) is 10.0 Å². The zero-order valence-electron chi connectivity index (χ0n) is 12.3. The summed E-state index contributed by atoms with van der Waals surface area (Å²) in [5.74, 6) is 0.551. The summed E-state index contributed by atoms with van der Waals surface area (Å²) < 4.78 is 0. The molecule has 114 valence electrons. The number of rotatable bonds is 2. The summed E-state index contributed by atoms with van der Waals surface area (Å²) >= 11 is 12.2. The second-order valence-corrected chi connectivity index (χ2v) is 6.55. The van der Waals surface area contributed by atoms with E-state index >= 15 is 0 Å². The highest BCUT2D eigenvalue weighted by molar-refractivity contribution is 6.42. The van der Waals surface area contributed by atoms with Gasteiger partial charge in [-0.05, 0) is 48.1 Å². The highest BCUT2D eigenvalue weighted by Crippen LogP contribution is 2.42. The molecular weight excluding hydrogens is 317 g/mol. The van der Waals surface area contributed by atoms with Crippen molar-refractivity contribution in [3.05, 3.63) is 69.4 Å². The predicted molar refractivity (Wildman–Crippen MR) is 91.0 cm³/mol. The molecule has 0 fully saturated rings. The fourth-order valence-electron chi connectivity index (χ4n) is 3.19. The van der Waals surface area contributed by atoms with Crippen molar-refractivity contribution in [1.82, 2.24) is 5.32 Å². The van der Waals surface area contributed by atoms with Crippen LogP contribution in [0.5, 0.6) is 0 Å². The third-order valence-electron chi connectivity index (χ3n) is 4.15. The third kappa shape index (κ3) is 3.13. The first kappa shape index (κ1) is 15.4. The number of hydrogen-bond acceptors (Lipinski definition) is 1. The molecule has 0 radical (unpaired) electrons. The van der Waals surface area contributed by atoms with Crippen LogP contribution in [0.25, 0.3) is 0 Å². The average Bonchev–Trinajstić information content (AvgIpc) is 2.48. The summed E-state index contributed by atoms with van der Waals surface area (Å²) in [6.45, 7) is 1.52. The first-order chi connectivity index (χ1) is 10.5. The van der Waals surface area contributed by atoms with E-state index in [-0.39, 0.29) is 11.8 Å². The molecule has 2 aliphatic carbocycles. The fourth-order valence-corrected chi connectivity index (χ4v) is 3.50. The molecule has 0 saturated heterocycles. The van der Waals surface area contributed by atoms with Gasteiger partial charge in [0, 0.05) is 18.5 Å². The first-order valence-corrected chi connectivity index (χ1v) is 8.12. The number of allylic oxidation sites excluding steroid dienone is 5. The molecule has 1 amide bonds. The SMILES string of the molecule is CC(=O)NC1=CC(c2ccc(Cl)c(Cl)c2)C2CCC=CC2=C1. The molecule has 2 unspecified atom stereocenters. The van der Waals surface area contributed by atoms with Gasteiger partial charge in [-0.15, -0.1) is 0 Å². The molecule has 1 aromatic rings. The van der Waals surface area contributed by atoms with Gasteiger partial charge in [0.05, 0.1) is 10.0 Å². The molecule has 22 heavy (non-hydrogen) atoms. The summed E-state index contributed by atoms with van der Waals surface area (Å²) in [7, 11) is 0. The fraction of sp³-hybridized carbons (Fsp3) is 0.278. The van der Waals surface area contributed by atoms with E-state index in [2.05, 4.69) is 29.6 Å². The maximum Gasteiger partial charge on any atom is 0.221 e. The number of nitrogens with one attached hydrogen (secondary N) is 1. The second kappa shape index (κ2) is 6.31. The molecule has 0 saturated carbocycles. The van der Waals surface area contributed by atoms with Crippen LogP contribution in [-0.4, -0.2) is 5.91 Å². The number of hydrogen-bond donors (Lipinski definition) is 1. The molecule has 1 aromatic carbocycles. The Kier molecular flexibility index (Phi) is 4.42. The smallest absolute Gasteiger partial charge is 0.221 e. The number of fused-ring (bicyclic) bond motifs is 1. The molecule has 2 atom stereocenters. The van der Waals surface area contributed by atoms with Crippen molar-refractivity contribution >= 4 is 29.1 Å². The number of benzene rings is 1. The minimum atomic E-state index is -0.0609. The Morgan fingerprint density at radius 1 is 1.27 bits per heavy atom. The van der Waals surface area contributed by atoms with Gasteiger partial charge in [0.2, 0.25) is 5.91 Å². The van der Waals surface area contributed by atoms with Crippen molar-refractivity contribution in [3.8, 4) is 0 Å². The highest BCUT2D eigenvalue weighted by atomic mass is 35.5. The van der Waals surface area contributed by atoms with E-state index in [4.69, 9.17) is 23.2 Å². The highest BCUT2D eigenvalue weighted by Gasteiger charge is 2.29. The van der Waals surface area contributed by atoms with Crippen molar-refractivity contribution in [3.63, 3.8) is 0 Å². The largest absolute Gasteiger partial charge is 0.327 e. The zero-order chi connectivity index (χ0) is 15.7. The standard InChI is InChI=1S/C18H17Cl2NO/c1-11(22)21-14-8-12-4-2-3-5-15(12)16(10-14)13-6-7-17(19)18(20)9-13/h2,4,6-10,15-16H,3,5H2,1H3,(H,21,22). The average molecular weight is 334 g/mol. The van der Waals surface area contributed by atoms with Gasteiger partial charge in [-0.1, -0.05) is 47.5 Å². The Hall–Kier alpha value is -1.51. The Morgan fingerprint density at radius 3 is 2.82 bits per heavy atom. The molecular formula is C18H17Cl2NO. The summed E-state index contributed by atoms with van der Waals surface area (Å²) in [5.41, 5.74) is 3.23. The minimum Gasteiger partial charge on any atom is -0.327 e. The number of carbonyl (C=O) groups excluding carboxylic acids is 1. The van der Waals surface area contributed by atoms with Gasteiger partial charge < -0.3 is 5.32 Å². The van der Waals surface area contributed by atoms with E-state index in [1.807, 2.05) is 18.2 Å². The van der Waals surface area contributed by atoms with Gasteiger partial charge >= 0.3 is 0 Å². The summed E-state index contributed by atoms with van der Waals surface area (Å²) in [6, 6.07) is 5.78. The van der Waals surface area contributed by atoms with Gasteiger partial charge in [0.1, 0.15) is 0 Å². The van der Waals surface area contributed by atoms with Crippen LogP contribution in [0.3, 0.4) is 0 Å². The molecule has 0 bridgehead atoms. The Balaban J connectivity index is 2.01. The van der Waals surface area contributed by atoms with E-state index in [0.717, 1.165) is 24.1 Å². The van der Waals surface area contributed by atoms with Gasteiger partial charge in [0.15, 0.2) is 0 Å². The third-order valence-corrected chi connectivity index (χ3v) is 4.89. The maximum absolute atomic E-state index is 11.4. The molecule has 2 aliphatic rings. The maximum atomic E-state index is 11.4. The predicted octanol–water partition coefficient (Wildman–Crippen LogP) is 5.00. The molecule has 0 spiro atoms. The van der Waals surface area contributed by atoms with E-state index < -0.39 is 0 Å². The van der Waals surface area contributed by atoms with E-state index in [1.165, 1.54) is 12.5 Å². The summed E-state index contributed by atoms with van der Waals surface area (Å²) in [5, 5.41) is 4.02. The van der Waals surface area contributed by atoms with Crippen LogP contribution in [0.4, 0.5) is 0 Å². The van der Waals surface area contributed by atoms with Crippen LogP contribution in [0.15, 0.2) is 53.8 Å². The minimum absolute atomic E-state index is 0.0609. The van der Waals surface area contributed by atoms with E-state index in [0.29, 0.717) is 16.0 Å². The van der Waals surface area contributed by atoms with Crippen molar-refractivity contribution in [2.24, 2.45) is 5.92 Å². The molecule has 0 heterocycles. The number of amides is 1. The van der Waals surface area contributed by atoms with Crippen LogP contribution in [0.1, 0.15) is 31.2 Å². The molecule has 3 rings (SSSR count). The summed E-state index contributed by atoms with van der Waals surface area (Å²) in [6.07, 6.45) is 10.7. The number of carbonyl (C=O) groups is 1. The second-order valence-electron chi connectivity index (χ2n) is 5.73. The lowest BCUT2D eigenvalue weighted by Gasteiger charge is -2.32. The zero-order valence-corrected chi connectivity index (χ0v) is 13.8. The number of halogens is 2. The van der Waals surface area contributed by atoms with Gasteiger partial charge in [0.25, 0.3) is 0 Å². The Morgan fingerprint density at radius 2 is 2.09 bits per heavy atom. The van der Waals surface area contributed by atoms with Crippen molar-refractivity contribution in [2.75, 3.05) is 0 Å². The van der Waals surface area contributed by atoms with Gasteiger partial charge in [-0.3, -0.25) is 4.79 Å². The van der Waals surface area contributed by atoms with Crippen LogP contribution < -0.4 is 5.32 Å². The monoisotopic (exact) mass is 333 g/mol. The Bertz CT molecular complexity index is 703. The Labute approximate surface area is 140 Å². The lowest BCUT2D eigenvalue weighted by molar-refractivity contribution is -0.118. The molecule has 4 heteroatoms. The lowest BCUT2D eigenvalue weighted by Crippen LogP contribution is -2.25. The molecule has 0 aromatic heterocycles. The topological polar surface area (TPSA) is 29.1 Å².